The molecule has 0 spiro atoms. The Balaban J connectivity index is 1.71. The zero-order chi connectivity index (χ0) is 12.1. The second-order valence-corrected chi connectivity index (χ2v) is 6.24. The van der Waals surface area contributed by atoms with E-state index < -0.39 is 0 Å². The smallest absolute Gasteiger partial charge is 0.0492 e. The van der Waals surface area contributed by atoms with Crippen molar-refractivity contribution in [3.05, 3.63) is 18.0 Å². The molecule has 1 saturated carbocycles. The van der Waals surface area contributed by atoms with Gasteiger partial charge in [-0.1, -0.05) is 12.8 Å². The standard InChI is InChI=1S/C13H23N3S/c1-16-12(6-10-15-16)5-9-14-11-13(17-2)7-3-4-8-13/h6,10,14H,3-5,7-9,11H2,1-2H3. The van der Waals surface area contributed by atoms with Crippen molar-refractivity contribution >= 4 is 11.8 Å². The zero-order valence-electron chi connectivity index (χ0n) is 10.9. The van der Waals surface area contributed by atoms with Crippen LogP contribution in [0.15, 0.2) is 12.3 Å². The van der Waals surface area contributed by atoms with Crippen LogP contribution in [-0.4, -0.2) is 33.9 Å². The van der Waals surface area contributed by atoms with Gasteiger partial charge in [-0.05, 0) is 25.2 Å². The molecule has 1 heterocycles. The van der Waals surface area contributed by atoms with Gasteiger partial charge >= 0.3 is 0 Å². The van der Waals surface area contributed by atoms with Crippen molar-refractivity contribution in [3.63, 3.8) is 0 Å². The van der Waals surface area contributed by atoms with Crippen LogP contribution in [0.3, 0.4) is 0 Å². The summed E-state index contributed by atoms with van der Waals surface area (Å²) in [7, 11) is 2.01. The molecule has 3 nitrogen and oxygen atoms in total. The number of rotatable bonds is 6. The van der Waals surface area contributed by atoms with Gasteiger partial charge in [-0.25, -0.2) is 0 Å². The molecule has 0 bridgehead atoms. The molecule has 1 aromatic rings. The molecule has 2 rings (SSSR count). The summed E-state index contributed by atoms with van der Waals surface area (Å²) in [6.45, 7) is 2.22. The van der Waals surface area contributed by atoms with E-state index in [1.54, 1.807) is 0 Å². The van der Waals surface area contributed by atoms with Crippen LogP contribution in [0.4, 0.5) is 0 Å². The second-order valence-electron chi connectivity index (χ2n) is 4.97. The monoisotopic (exact) mass is 253 g/mol. The van der Waals surface area contributed by atoms with Gasteiger partial charge in [-0.2, -0.15) is 16.9 Å². The zero-order valence-corrected chi connectivity index (χ0v) is 11.7. The third kappa shape index (κ3) is 3.26. The molecule has 96 valence electrons. The van der Waals surface area contributed by atoms with E-state index in [4.69, 9.17) is 0 Å². The van der Waals surface area contributed by atoms with Crippen LogP contribution in [-0.2, 0) is 13.5 Å². The average Bonchev–Trinajstić information content (AvgIpc) is 2.95. The summed E-state index contributed by atoms with van der Waals surface area (Å²) in [4.78, 5) is 0. The van der Waals surface area contributed by atoms with Crippen LogP contribution in [0.2, 0.25) is 0 Å². The maximum atomic E-state index is 4.19. The molecule has 4 heteroatoms. The summed E-state index contributed by atoms with van der Waals surface area (Å²) in [5.74, 6) is 0. The van der Waals surface area contributed by atoms with Gasteiger partial charge in [0.25, 0.3) is 0 Å². The van der Waals surface area contributed by atoms with E-state index in [0.29, 0.717) is 4.75 Å². The lowest BCUT2D eigenvalue weighted by Crippen LogP contribution is -2.36. The molecule has 0 aliphatic heterocycles. The molecule has 17 heavy (non-hydrogen) atoms. The quantitative estimate of drug-likeness (QED) is 0.789. The Bertz CT molecular complexity index is 342. The third-order valence-electron chi connectivity index (χ3n) is 3.88. The molecule has 1 N–H and O–H groups in total. The van der Waals surface area contributed by atoms with Crippen LogP contribution in [0.5, 0.6) is 0 Å². The van der Waals surface area contributed by atoms with Crippen LogP contribution >= 0.6 is 11.8 Å². The van der Waals surface area contributed by atoms with Gasteiger partial charge in [0.05, 0.1) is 0 Å². The van der Waals surface area contributed by atoms with Crippen LogP contribution in [0, 0.1) is 0 Å². The van der Waals surface area contributed by atoms with Gasteiger partial charge in [0.15, 0.2) is 0 Å². The lowest BCUT2D eigenvalue weighted by atomic mass is 10.1. The van der Waals surface area contributed by atoms with Crippen molar-refractivity contribution in [2.45, 2.75) is 36.9 Å². The predicted octanol–water partition coefficient (Wildman–Crippen LogP) is 2.23. The summed E-state index contributed by atoms with van der Waals surface area (Å²) in [6, 6.07) is 2.10. The Morgan fingerprint density at radius 1 is 1.47 bits per heavy atom. The first-order valence-electron chi connectivity index (χ1n) is 6.48. The Labute approximate surface area is 108 Å². The van der Waals surface area contributed by atoms with E-state index in [1.165, 1.54) is 31.4 Å². The molecule has 0 aromatic carbocycles. The fourth-order valence-electron chi connectivity index (χ4n) is 2.65. The molecule has 0 saturated heterocycles. The first-order chi connectivity index (χ1) is 8.26. The molecule has 0 unspecified atom stereocenters. The minimum Gasteiger partial charge on any atom is -0.315 e. The molecule has 0 amide bonds. The molecule has 1 aliphatic rings. The Morgan fingerprint density at radius 3 is 2.82 bits per heavy atom. The maximum Gasteiger partial charge on any atom is 0.0492 e. The Morgan fingerprint density at radius 2 is 2.24 bits per heavy atom. The Kier molecular flexibility index (Phi) is 4.51. The van der Waals surface area contributed by atoms with Gasteiger partial charge in [-0.3, -0.25) is 4.68 Å². The van der Waals surface area contributed by atoms with E-state index in [2.05, 4.69) is 34.5 Å². The molecule has 1 fully saturated rings. The van der Waals surface area contributed by atoms with Gasteiger partial charge in [0, 0.05) is 43.2 Å². The first kappa shape index (κ1) is 13.0. The first-order valence-corrected chi connectivity index (χ1v) is 7.71. The minimum absolute atomic E-state index is 0.520. The van der Waals surface area contributed by atoms with Crippen molar-refractivity contribution in [1.29, 1.82) is 0 Å². The van der Waals surface area contributed by atoms with Crippen LogP contribution in [0.1, 0.15) is 31.4 Å². The van der Waals surface area contributed by atoms with Crippen LogP contribution < -0.4 is 5.32 Å². The highest BCUT2D eigenvalue weighted by atomic mass is 32.2. The van der Waals surface area contributed by atoms with Gasteiger partial charge in [0.2, 0.25) is 0 Å². The number of thioether (sulfide) groups is 1. The number of hydrogen-bond acceptors (Lipinski definition) is 3. The largest absolute Gasteiger partial charge is 0.315 e. The van der Waals surface area contributed by atoms with E-state index in [0.717, 1.165) is 19.5 Å². The summed E-state index contributed by atoms with van der Waals surface area (Å²) in [5, 5.41) is 7.81. The van der Waals surface area contributed by atoms with E-state index in [1.807, 2.05) is 17.9 Å². The van der Waals surface area contributed by atoms with E-state index in [-0.39, 0.29) is 0 Å². The average molecular weight is 253 g/mol. The normalized spacial score (nSPS) is 18.7. The minimum atomic E-state index is 0.520. The summed E-state index contributed by atoms with van der Waals surface area (Å²) in [5.41, 5.74) is 1.31. The molecular formula is C13H23N3S. The van der Waals surface area contributed by atoms with Crippen molar-refractivity contribution in [1.82, 2.24) is 15.1 Å². The number of nitrogens with zero attached hydrogens (tertiary/aromatic N) is 2. The fourth-order valence-corrected chi connectivity index (χ4v) is 3.59. The van der Waals surface area contributed by atoms with E-state index in [9.17, 15) is 0 Å². The Hall–Kier alpha value is -0.480. The predicted molar refractivity (Wildman–Crippen MR) is 74.5 cm³/mol. The van der Waals surface area contributed by atoms with Crippen molar-refractivity contribution in [2.75, 3.05) is 19.3 Å². The highest BCUT2D eigenvalue weighted by Crippen LogP contribution is 2.39. The fraction of sp³-hybridized carbons (Fsp3) is 0.769. The second kappa shape index (κ2) is 5.91. The van der Waals surface area contributed by atoms with Gasteiger partial charge in [-0.15, -0.1) is 0 Å². The van der Waals surface area contributed by atoms with Gasteiger partial charge < -0.3 is 5.32 Å². The maximum absolute atomic E-state index is 4.19. The SMILES string of the molecule is CSC1(CNCCc2ccnn2C)CCCC1. The lowest BCUT2D eigenvalue weighted by molar-refractivity contribution is 0.531. The molecule has 1 aliphatic carbocycles. The highest BCUT2D eigenvalue weighted by Gasteiger charge is 2.32. The van der Waals surface area contributed by atoms with Crippen molar-refractivity contribution < 1.29 is 0 Å². The number of nitrogens with one attached hydrogen (secondary N) is 1. The highest BCUT2D eigenvalue weighted by molar-refractivity contribution is 8.00. The number of aromatic nitrogens is 2. The molecule has 0 radical (unpaired) electrons. The lowest BCUT2D eigenvalue weighted by Gasteiger charge is -2.27. The summed E-state index contributed by atoms with van der Waals surface area (Å²) < 4.78 is 2.48. The van der Waals surface area contributed by atoms with E-state index >= 15 is 0 Å². The van der Waals surface area contributed by atoms with Gasteiger partial charge in [0.1, 0.15) is 0 Å². The third-order valence-corrected chi connectivity index (χ3v) is 5.29. The molecule has 0 atom stereocenters. The summed E-state index contributed by atoms with van der Waals surface area (Å²) in [6.07, 6.45) is 10.8. The van der Waals surface area contributed by atoms with Crippen molar-refractivity contribution in [3.8, 4) is 0 Å². The molecular weight excluding hydrogens is 230 g/mol. The molecule has 1 aromatic heterocycles. The summed E-state index contributed by atoms with van der Waals surface area (Å²) >= 11 is 2.05. The van der Waals surface area contributed by atoms with Crippen molar-refractivity contribution in [2.24, 2.45) is 7.05 Å². The van der Waals surface area contributed by atoms with Crippen LogP contribution in [0.25, 0.3) is 0 Å². The number of aryl methyl sites for hydroxylation is 1. The number of hydrogen-bond donors (Lipinski definition) is 1. The topological polar surface area (TPSA) is 29.9 Å².